The molecule has 0 saturated carbocycles. The fourth-order valence-corrected chi connectivity index (χ4v) is 3.43. The standard InChI is InChI=1S/C21H24N4O/c1-16-5-6-18(17(2)14-16)7-8-20(26)24-10-12-25(13-11-24)21-19(15-22)4-3-9-23-21/h3-6,9,14H,7-8,10-13H2,1-2H3. The zero-order valence-electron chi connectivity index (χ0n) is 15.4. The van der Waals surface area contributed by atoms with Gasteiger partial charge in [0.25, 0.3) is 0 Å². The predicted octanol–water partition coefficient (Wildman–Crippen LogP) is 2.85. The Hall–Kier alpha value is -2.87. The maximum atomic E-state index is 12.6. The van der Waals surface area contributed by atoms with Crippen LogP contribution >= 0.6 is 0 Å². The molecule has 2 aromatic rings. The molecule has 0 spiro atoms. The number of aryl methyl sites for hydroxylation is 3. The van der Waals surface area contributed by atoms with Crippen LogP contribution < -0.4 is 4.90 Å². The normalized spacial score (nSPS) is 14.2. The van der Waals surface area contributed by atoms with Gasteiger partial charge in [-0.25, -0.2) is 4.98 Å². The van der Waals surface area contributed by atoms with Gasteiger partial charge in [0.1, 0.15) is 11.9 Å². The van der Waals surface area contributed by atoms with Gasteiger partial charge in [0.05, 0.1) is 5.56 Å². The number of nitriles is 1. The van der Waals surface area contributed by atoms with Crippen LogP contribution in [0.5, 0.6) is 0 Å². The number of nitrogens with zero attached hydrogens (tertiary/aromatic N) is 4. The van der Waals surface area contributed by atoms with E-state index in [4.69, 9.17) is 0 Å². The summed E-state index contributed by atoms with van der Waals surface area (Å²) in [6, 6.07) is 12.1. The van der Waals surface area contributed by atoms with Crippen LogP contribution in [-0.2, 0) is 11.2 Å². The molecule has 1 aliphatic heterocycles. The van der Waals surface area contributed by atoms with E-state index in [-0.39, 0.29) is 5.91 Å². The van der Waals surface area contributed by atoms with Gasteiger partial charge in [0.2, 0.25) is 5.91 Å². The van der Waals surface area contributed by atoms with Crippen LogP contribution in [0.15, 0.2) is 36.5 Å². The monoisotopic (exact) mass is 348 g/mol. The van der Waals surface area contributed by atoms with E-state index in [1.165, 1.54) is 16.7 Å². The van der Waals surface area contributed by atoms with Crippen molar-refractivity contribution in [3.8, 4) is 6.07 Å². The molecule has 1 saturated heterocycles. The number of benzene rings is 1. The van der Waals surface area contributed by atoms with Gasteiger partial charge < -0.3 is 9.80 Å². The Bertz CT molecular complexity index is 832. The lowest BCUT2D eigenvalue weighted by molar-refractivity contribution is -0.131. The summed E-state index contributed by atoms with van der Waals surface area (Å²) < 4.78 is 0. The van der Waals surface area contributed by atoms with Crippen LogP contribution in [0, 0.1) is 25.2 Å². The maximum Gasteiger partial charge on any atom is 0.223 e. The van der Waals surface area contributed by atoms with Crippen molar-refractivity contribution < 1.29 is 4.79 Å². The van der Waals surface area contributed by atoms with E-state index in [1.54, 1.807) is 18.3 Å². The first kappa shape index (κ1) is 17.9. The number of amides is 1. The molecule has 1 fully saturated rings. The summed E-state index contributed by atoms with van der Waals surface area (Å²) in [6.07, 6.45) is 3.03. The highest BCUT2D eigenvalue weighted by atomic mass is 16.2. The Balaban J connectivity index is 1.54. The minimum Gasteiger partial charge on any atom is -0.352 e. The minimum atomic E-state index is 0.200. The van der Waals surface area contributed by atoms with Gasteiger partial charge in [0, 0.05) is 38.8 Å². The topological polar surface area (TPSA) is 60.2 Å². The van der Waals surface area contributed by atoms with E-state index in [1.807, 2.05) is 4.90 Å². The van der Waals surface area contributed by atoms with Crippen molar-refractivity contribution in [1.82, 2.24) is 9.88 Å². The highest BCUT2D eigenvalue weighted by Gasteiger charge is 2.23. The highest BCUT2D eigenvalue weighted by Crippen LogP contribution is 2.19. The van der Waals surface area contributed by atoms with Crippen molar-refractivity contribution in [3.63, 3.8) is 0 Å². The average Bonchev–Trinajstić information content (AvgIpc) is 2.67. The summed E-state index contributed by atoms with van der Waals surface area (Å²) in [5.74, 6) is 0.920. The molecule has 1 aromatic carbocycles. The lowest BCUT2D eigenvalue weighted by Gasteiger charge is -2.35. The van der Waals surface area contributed by atoms with Crippen molar-refractivity contribution in [2.75, 3.05) is 31.1 Å². The Kier molecular flexibility index (Phi) is 5.52. The third-order valence-electron chi connectivity index (χ3n) is 4.95. The highest BCUT2D eigenvalue weighted by molar-refractivity contribution is 5.77. The molecule has 0 unspecified atom stereocenters. The van der Waals surface area contributed by atoms with E-state index in [0.29, 0.717) is 38.2 Å². The number of hydrogen-bond acceptors (Lipinski definition) is 4. The zero-order valence-corrected chi connectivity index (χ0v) is 15.4. The number of pyridine rings is 1. The fourth-order valence-electron chi connectivity index (χ4n) is 3.43. The Morgan fingerprint density at radius 3 is 2.65 bits per heavy atom. The molecule has 134 valence electrons. The van der Waals surface area contributed by atoms with E-state index in [2.05, 4.69) is 48.0 Å². The maximum absolute atomic E-state index is 12.6. The number of aromatic nitrogens is 1. The third kappa shape index (κ3) is 4.02. The van der Waals surface area contributed by atoms with Crippen molar-refractivity contribution in [3.05, 3.63) is 58.8 Å². The minimum absolute atomic E-state index is 0.200. The van der Waals surface area contributed by atoms with Gasteiger partial charge in [-0.2, -0.15) is 5.26 Å². The fraction of sp³-hybridized carbons (Fsp3) is 0.381. The van der Waals surface area contributed by atoms with Gasteiger partial charge in [-0.3, -0.25) is 4.79 Å². The molecule has 1 aliphatic rings. The molecular weight excluding hydrogens is 324 g/mol. The Labute approximate surface area is 154 Å². The number of hydrogen-bond donors (Lipinski definition) is 0. The molecule has 0 atom stereocenters. The van der Waals surface area contributed by atoms with Gasteiger partial charge in [0.15, 0.2) is 0 Å². The van der Waals surface area contributed by atoms with Gasteiger partial charge >= 0.3 is 0 Å². The van der Waals surface area contributed by atoms with Gasteiger partial charge in [-0.15, -0.1) is 0 Å². The first-order chi connectivity index (χ1) is 12.6. The molecule has 1 amide bonds. The number of carbonyl (C=O) groups excluding carboxylic acids is 1. The summed E-state index contributed by atoms with van der Waals surface area (Å²) in [4.78, 5) is 20.9. The van der Waals surface area contributed by atoms with Crippen LogP contribution in [0.1, 0.15) is 28.7 Å². The number of rotatable bonds is 4. The van der Waals surface area contributed by atoms with Gasteiger partial charge in [-0.05, 0) is 43.5 Å². The van der Waals surface area contributed by atoms with E-state index >= 15 is 0 Å². The zero-order chi connectivity index (χ0) is 18.5. The van der Waals surface area contributed by atoms with E-state index < -0.39 is 0 Å². The molecule has 1 aromatic heterocycles. The molecule has 0 N–H and O–H groups in total. The van der Waals surface area contributed by atoms with Crippen LogP contribution in [0.4, 0.5) is 5.82 Å². The van der Waals surface area contributed by atoms with Crippen molar-refractivity contribution in [2.45, 2.75) is 26.7 Å². The molecule has 3 rings (SSSR count). The van der Waals surface area contributed by atoms with Crippen LogP contribution in [0.25, 0.3) is 0 Å². The first-order valence-corrected chi connectivity index (χ1v) is 9.02. The largest absolute Gasteiger partial charge is 0.352 e. The second kappa shape index (κ2) is 8.01. The number of piperazine rings is 1. The van der Waals surface area contributed by atoms with Crippen molar-refractivity contribution >= 4 is 11.7 Å². The average molecular weight is 348 g/mol. The summed E-state index contributed by atoms with van der Waals surface area (Å²) in [5.41, 5.74) is 4.33. The first-order valence-electron chi connectivity index (χ1n) is 9.02. The van der Waals surface area contributed by atoms with Gasteiger partial charge in [-0.1, -0.05) is 23.8 Å². The summed E-state index contributed by atoms with van der Waals surface area (Å²) in [6.45, 7) is 6.95. The molecular formula is C21H24N4O. The summed E-state index contributed by atoms with van der Waals surface area (Å²) in [5, 5.41) is 9.23. The third-order valence-corrected chi connectivity index (χ3v) is 4.95. The molecule has 0 aliphatic carbocycles. The molecule has 26 heavy (non-hydrogen) atoms. The molecule has 0 bridgehead atoms. The SMILES string of the molecule is Cc1ccc(CCC(=O)N2CCN(c3ncccc3C#N)CC2)c(C)c1. The molecule has 5 heteroatoms. The summed E-state index contributed by atoms with van der Waals surface area (Å²) in [7, 11) is 0. The lowest BCUT2D eigenvalue weighted by Crippen LogP contribution is -2.49. The predicted molar refractivity (Wildman–Crippen MR) is 102 cm³/mol. The second-order valence-electron chi connectivity index (χ2n) is 6.78. The van der Waals surface area contributed by atoms with Crippen LogP contribution in [0.3, 0.4) is 0 Å². The quantitative estimate of drug-likeness (QED) is 0.852. The Morgan fingerprint density at radius 2 is 1.96 bits per heavy atom. The number of anilines is 1. The smallest absolute Gasteiger partial charge is 0.223 e. The second-order valence-corrected chi connectivity index (χ2v) is 6.78. The van der Waals surface area contributed by atoms with Crippen molar-refractivity contribution in [1.29, 1.82) is 5.26 Å². The Morgan fingerprint density at radius 1 is 1.19 bits per heavy atom. The van der Waals surface area contributed by atoms with E-state index in [9.17, 15) is 10.1 Å². The van der Waals surface area contributed by atoms with Crippen LogP contribution in [-0.4, -0.2) is 42.0 Å². The number of carbonyl (C=O) groups is 1. The van der Waals surface area contributed by atoms with E-state index in [0.717, 1.165) is 12.2 Å². The molecule has 0 radical (unpaired) electrons. The van der Waals surface area contributed by atoms with Crippen molar-refractivity contribution in [2.24, 2.45) is 0 Å². The van der Waals surface area contributed by atoms with Crippen LogP contribution in [0.2, 0.25) is 0 Å². The molecule has 2 heterocycles. The molecule has 5 nitrogen and oxygen atoms in total. The lowest BCUT2D eigenvalue weighted by atomic mass is 10.0. The summed E-state index contributed by atoms with van der Waals surface area (Å²) >= 11 is 0.